The molecule has 0 atom stereocenters. The van der Waals surface area contributed by atoms with Crippen LogP contribution < -0.4 is 5.32 Å². The lowest BCUT2D eigenvalue weighted by molar-refractivity contribution is 0.0949. The van der Waals surface area contributed by atoms with Crippen LogP contribution in [0, 0.1) is 0 Å². The van der Waals surface area contributed by atoms with Crippen molar-refractivity contribution in [1.82, 2.24) is 20.1 Å². The molecule has 0 spiro atoms. The molecule has 0 radical (unpaired) electrons. The summed E-state index contributed by atoms with van der Waals surface area (Å²) in [4.78, 5) is 13.4. The van der Waals surface area contributed by atoms with Gasteiger partial charge >= 0.3 is 0 Å². The van der Waals surface area contributed by atoms with E-state index in [4.69, 9.17) is 0 Å². The van der Waals surface area contributed by atoms with Gasteiger partial charge in [-0.15, -0.1) is 11.3 Å². The lowest BCUT2D eigenvalue weighted by Gasteiger charge is -2.02. The van der Waals surface area contributed by atoms with Crippen LogP contribution in [0.5, 0.6) is 0 Å². The number of aryl methyl sites for hydroxylation is 1. The number of benzene rings is 1. The van der Waals surface area contributed by atoms with E-state index < -0.39 is 0 Å². The van der Waals surface area contributed by atoms with Crippen LogP contribution in [0.3, 0.4) is 0 Å². The van der Waals surface area contributed by atoms with Gasteiger partial charge in [-0.05, 0) is 35.6 Å². The topological polar surface area (TPSA) is 62.7 Å². The number of para-hydroxylation sites is 1. The molecule has 1 amide bonds. The summed E-state index contributed by atoms with van der Waals surface area (Å²) in [5.74, 6) is -0.153. The number of amides is 1. The minimum Gasteiger partial charge on any atom is -0.350 e. The van der Waals surface area contributed by atoms with E-state index in [1.807, 2.05) is 36.7 Å². The highest BCUT2D eigenvalue weighted by molar-refractivity contribution is 7.13. The second kappa shape index (κ2) is 6.57. The van der Waals surface area contributed by atoms with Crippen molar-refractivity contribution >= 4 is 28.1 Å². The van der Waals surface area contributed by atoms with Crippen LogP contribution in [-0.2, 0) is 13.5 Å². The Hall–Kier alpha value is -2.86. The standard InChI is InChI=1S/C19H18N4OS/c1-23-12-13(14-5-2-3-6-17(14)23)8-9-20-19(24)16-11-15(21-22-16)18-7-4-10-25-18/h2-7,10-12H,8-9H2,1H3,(H,20,24)(H,21,22). The van der Waals surface area contributed by atoms with E-state index in [1.165, 1.54) is 16.5 Å². The number of fused-ring (bicyclic) bond motifs is 1. The Morgan fingerprint density at radius 3 is 3.00 bits per heavy atom. The van der Waals surface area contributed by atoms with E-state index in [0.717, 1.165) is 17.0 Å². The number of nitrogens with one attached hydrogen (secondary N) is 2. The van der Waals surface area contributed by atoms with Crippen LogP contribution in [0.4, 0.5) is 0 Å². The van der Waals surface area contributed by atoms with Gasteiger partial charge in [0.1, 0.15) is 0 Å². The molecule has 25 heavy (non-hydrogen) atoms. The third-order valence-electron chi connectivity index (χ3n) is 4.26. The van der Waals surface area contributed by atoms with E-state index in [2.05, 4.69) is 38.4 Å². The van der Waals surface area contributed by atoms with Crippen LogP contribution in [0.1, 0.15) is 16.1 Å². The third kappa shape index (κ3) is 3.08. The SMILES string of the molecule is Cn1cc(CCNC(=O)c2cc(-c3cccs3)[nH]n2)c2ccccc21. The maximum atomic E-state index is 12.3. The molecule has 3 aromatic heterocycles. The number of carbonyl (C=O) groups is 1. The van der Waals surface area contributed by atoms with Crippen molar-refractivity contribution in [3.05, 3.63) is 65.3 Å². The van der Waals surface area contributed by atoms with Crippen molar-refractivity contribution in [3.63, 3.8) is 0 Å². The average Bonchev–Trinajstić information content (AvgIpc) is 3.35. The Morgan fingerprint density at radius 1 is 1.28 bits per heavy atom. The molecule has 4 aromatic rings. The summed E-state index contributed by atoms with van der Waals surface area (Å²) in [5, 5.41) is 13.2. The van der Waals surface area contributed by atoms with Crippen molar-refractivity contribution < 1.29 is 4.79 Å². The molecular formula is C19H18N4OS. The molecule has 0 unspecified atom stereocenters. The van der Waals surface area contributed by atoms with Crippen LogP contribution in [0.15, 0.2) is 54.0 Å². The fraction of sp³-hybridized carbons (Fsp3) is 0.158. The van der Waals surface area contributed by atoms with Crippen molar-refractivity contribution in [3.8, 4) is 10.6 Å². The molecule has 126 valence electrons. The Morgan fingerprint density at radius 2 is 2.16 bits per heavy atom. The highest BCUT2D eigenvalue weighted by atomic mass is 32.1. The number of hydrogen-bond donors (Lipinski definition) is 2. The van der Waals surface area contributed by atoms with Gasteiger partial charge in [-0.3, -0.25) is 9.89 Å². The Kier molecular flexibility index (Phi) is 4.11. The summed E-state index contributed by atoms with van der Waals surface area (Å²) in [6, 6.07) is 14.1. The summed E-state index contributed by atoms with van der Waals surface area (Å²) in [7, 11) is 2.04. The van der Waals surface area contributed by atoms with Gasteiger partial charge in [0.15, 0.2) is 5.69 Å². The van der Waals surface area contributed by atoms with Crippen molar-refractivity contribution in [2.45, 2.75) is 6.42 Å². The third-order valence-corrected chi connectivity index (χ3v) is 5.16. The molecule has 0 bridgehead atoms. The first-order chi connectivity index (χ1) is 12.2. The molecule has 0 fully saturated rings. The summed E-state index contributed by atoms with van der Waals surface area (Å²) in [5.41, 5.74) is 3.73. The summed E-state index contributed by atoms with van der Waals surface area (Å²) < 4.78 is 2.12. The molecule has 2 N–H and O–H groups in total. The number of carbonyl (C=O) groups excluding carboxylic acids is 1. The van der Waals surface area contributed by atoms with E-state index in [9.17, 15) is 4.79 Å². The largest absolute Gasteiger partial charge is 0.350 e. The van der Waals surface area contributed by atoms with Gasteiger partial charge in [-0.1, -0.05) is 24.3 Å². The second-order valence-corrected chi connectivity index (χ2v) is 6.88. The maximum absolute atomic E-state index is 12.3. The zero-order valence-corrected chi connectivity index (χ0v) is 14.6. The van der Waals surface area contributed by atoms with Gasteiger partial charge < -0.3 is 9.88 Å². The summed E-state index contributed by atoms with van der Waals surface area (Å²) in [6.07, 6.45) is 2.91. The lowest BCUT2D eigenvalue weighted by atomic mass is 10.1. The molecule has 3 heterocycles. The zero-order chi connectivity index (χ0) is 17.2. The molecule has 0 aliphatic carbocycles. The Bertz CT molecular complexity index is 1010. The number of rotatable bonds is 5. The minimum atomic E-state index is -0.153. The normalized spacial score (nSPS) is 11.1. The van der Waals surface area contributed by atoms with Gasteiger partial charge in [0, 0.05) is 30.7 Å². The molecule has 6 heteroatoms. The fourth-order valence-electron chi connectivity index (χ4n) is 3.02. The van der Waals surface area contributed by atoms with Gasteiger partial charge in [-0.25, -0.2) is 0 Å². The number of nitrogens with zero attached hydrogens (tertiary/aromatic N) is 2. The average molecular weight is 350 g/mol. The Labute approximate surface area is 149 Å². The monoisotopic (exact) mass is 350 g/mol. The molecular weight excluding hydrogens is 332 g/mol. The second-order valence-electron chi connectivity index (χ2n) is 5.93. The highest BCUT2D eigenvalue weighted by Crippen LogP contribution is 2.23. The molecule has 1 aromatic carbocycles. The molecule has 5 nitrogen and oxygen atoms in total. The number of hydrogen-bond acceptors (Lipinski definition) is 3. The minimum absolute atomic E-state index is 0.153. The quantitative estimate of drug-likeness (QED) is 0.578. The maximum Gasteiger partial charge on any atom is 0.271 e. The van der Waals surface area contributed by atoms with Crippen molar-refractivity contribution in [2.75, 3.05) is 6.54 Å². The van der Waals surface area contributed by atoms with Crippen LogP contribution in [0.2, 0.25) is 0 Å². The number of thiophene rings is 1. The molecule has 0 aliphatic heterocycles. The smallest absolute Gasteiger partial charge is 0.271 e. The number of H-pyrrole nitrogens is 1. The first kappa shape index (κ1) is 15.7. The van der Waals surface area contributed by atoms with Crippen LogP contribution >= 0.6 is 11.3 Å². The lowest BCUT2D eigenvalue weighted by Crippen LogP contribution is -2.25. The molecule has 4 rings (SSSR count). The van der Waals surface area contributed by atoms with Crippen LogP contribution in [0.25, 0.3) is 21.5 Å². The van der Waals surface area contributed by atoms with E-state index in [-0.39, 0.29) is 5.91 Å². The molecule has 0 saturated carbocycles. The van der Waals surface area contributed by atoms with Gasteiger partial charge in [-0.2, -0.15) is 5.10 Å². The van der Waals surface area contributed by atoms with Crippen molar-refractivity contribution in [1.29, 1.82) is 0 Å². The van der Waals surface area contributed by atoms with Crippen LogP contribution in [-0.4, -0.2) is 27.2 Å². The number of aromatic amines is 1. The highest BCUT2D eigenvalue weighted by Gasteiger charge is 2.12. The number of aromatic nitrogens is 3. The summed E-state index contributed by atoms with van der Waals surface area (Å²) in [6.45, 7) is 0.577. The van der Waals surface area contributed by atoms with E-state index in [0.29, 0.717) is 12.2 Å². The Balaban J connectivity index is 1.40. The van der Waals surface area contributed by atoms with Crippen molar-refractivity contribution in [2.24, 2.45) is 7.05 Å². The predicted molar refractivity (Wildman–Crippen MR) is 101 cm³/mol. The first-order valence-corrected chi connectivity index (χ1v) is 9.01. The summed E-state index contributed by atoms with van der Waals surface area (Å²) >= 11 is 1.61. The predicted octanol–water partition coefficient (Wildman–Crippen LogP) is 3.60. The van der Waals surface area contributed by atoms with Gasteiger partial charge in [0.25, 0.3) is 5.91 Å². The first-order valence-electron chi connectivity index (χ1n) is 8.13. The van der Waals surface area contributed by atoms with E-state index >= 15 is 0 Å². The molecule has 0 aliphatic rings. The van der Waals surface area contributed by atoms with Gasteiger partial charge in [0.05, 0.1) is 10.6 Å². The fourth-order valence-corrected chi connectivity index (χ4v) is 3.71. The molecule has 0 saturated heterocycles. The zero-order valence-electron chi connectivity index (χ0n) is 13.8. The van der Waals surface area contributed by atoms with E-state index in [1.54, 1.807) is 17.4 Å². The van der Waals surface area contributed by atoms with Gasteiger partial charge in [0.2, 0.25) is 0 Å².